The van der Waals surface area contributed by atoms with Gasteiger partial charge in [-0.05, 0) is 29.8 Å². The normalized spacial score (nSPS) is 12.3. The number of anilines is 1. The molecule has 0 saturated carbocycles. The van der Waals surface area contributed by atoms with Crippen molar-refractivity contribution in [1.29, 1.82) is 0 Å². The highest BCUT2D eigenvalue weighted by Crippen LogP contribution is 2.38. The van der Waals surface area contributed by atoms with E-state index in [1.165, 1.54) is 12.1 Å². The molecule has 0 aliphatic carbocycles. The van der Waals surface area contributed by atoms with Gasteiger partial charge in [-0.25, -0.2) is 4.39 Å². The molecule has 1 heterocycles. The lowest BCUT2D eigenvalue weighted by Crippen LogP contribution is -2.17. The Balaban J connectivity index is 1.51. The lowest BCUT2D eigenvalue weighted by molar-refractivity contribution is 0.102. The van der Waals surface area contributed by atoms with Crippen molar-refractivity contribution in [2.75, 3.05) is 18.5 Å². The maximum absolute atomic E-state index is 13.0. The minimum absolute atomic E-state index is 0.204. The summed E-state index contributed by atoms with van der Waals surface area (Å²) in [4.78, 5) is 12.8. The fraction of sp³-hybridized carbons (Fsp3) is 0.136. The Bertz CT molecular complexity index is 1040. The second-order valence-corrected chi connectivity index (χ2v) is 6.75. The first-order valence-electron chi connectivity index (χ1n) is 8.97. The van der Waals surface area contributed by atoms with Crippen molar-refractivity contribution in [2.24, 2.45) is 0 Å². The van der Waals surface area contributed by atoms with Crippen molar-refractivity contribution in [1.82, 2.24) is 0 Å². The summed E-state index contributed by atoms with van der Waals surface area (Å²) in [7, 11) is 0. The van der Waals surface area contributed by atoms with Gasteiger partial charge in [0.05, 0.1) is 16.3 Å². The molecule has 0 saturated heterocycles. The monoisotopic (exact) mass is 413 g/mol. The van der Waals surface area contributed by atoms with Crippen molar-refractivity contribution in [3.05, 3.63) is 82.6 Å². The molecule has 1 aliphatic rings. The van der Waals surface area contributed by atoms with E-state index in [9.17, 15) is 9.18 Å². The van der Waals surface area contributed by atoms with Crippen molar-refractivity contribution in [3.8, 4) is 17.2 Å². The molecule has 1 amide bonds. The minimum atomic E-state index is -0.377. The first kappa shape index (κ1) is 19.1. The lowest BCUT2D eigenvalue weighted by Gasteiger charge is -2.20. The molecular formula is C22H17ClFNO4. The molecule has 1 aliphatic heterocycles. The number of halogens is 2. The topological polar surface area (TPSA) is 56.8 Å². The summed E-state index contributed by atoms with van der Waals surface area (Å²) >= 11 is 6.27. The molecule has 3 aromatic carbocycles. The second kappa shape index (κ2) is 8.41. The molecule has 0 spiro atoms. The Morgan fingerprint density at radius 3 is 2.48 bits per heavy atom. The number of nitrogens with one attached hydrogen (secondary N) is 1. The predicted octanol–water partition coefficient (Wildman–Crippen LogP) is 5.08. The standard InChI is InChI=1S/C22H17ClFNO4/c23-17-11-20-21(28-10-9-27-20)12-18(17)25-22(26)16-3-1-2-4-19(16)29-13-14-5-7-15(24)8-6-14/h1-8,11-12H,9-10,13H2,(H,25,26). The highest BCUT2D eigenvalue weighted by atomic mass is 35.5. The van der Waals surface area contributed by atoms with E-state index < -0.39 is 0 Å². The van der Waals surface area contributed by atoms with Crippen molar-refractivity contribution in [2.45, 2.75) is 6.61 Å². The maximum Gasteiger partial charge on any atom is 0.259 e. The molecule has 7 heteroatoms. The molecule has 0 unspecified atom stereocenters. The zero-order valence-electron chi connectivity index (χ0n) is 15.3. The molecule has 148 valence electrons. The molecule has 0 atom stereocenters. The van der Waals surface area contributed by atoms with E-state index >= 15 is 0 Å². The Labute approximate surface area is 172 Å². The molecule has 5 nitrogen and oxygen atoms in total. The fourth-order valence-corrected chi connectivity index (χ4v) is 3.07. The average Bonchev–Trinajstić information content (AvgIpc) is 2.74. The van der Waals surface area contributed by atoms with Gasteiger partial charge in [0.15, 0.2) is 11.5 Å². The summed E-state index contributed by atoms with van der Waals surface area (Å²) in [6.45, 7) is 1.09. The molecule has 4 rings (SSSR count). The van der Waals surface area contributed by atoms with Gasteiger partial charge in [-0.15, -0.1) is 0 Å². The van der Waals surface area contributed by atoms with Crippen LogP contribution >= 0.6 is 11.6 Å². The van der Waals surface area contributed by atoms with Crippen LogP contribution in [-0.4, -0.2) is 19.1 Å². The molecule has 0 bridgehead atoms. The van der Waals surface area contributed by atoms with Gasteiger partial charge >= 0.3 is 0 Å². The first-order chi connectivity index (χ1) is 14.1. The molecule has 0 fully saturated rings. The van der Waals surface area contributed by atoms with E-state index in [1.807, 2.05) is 0 Å². The zero-order valence-corrected chi connectivity index (χ0v) is 16.0. The van der Waals surface area contributed by atoms with Crippen LogP contribution in [0, 0.1) is 5.82 Å². The summed E-state index contributed by atoms with van der Waals surface area (Å²) in [5.74, 6) is 0.783. The quantitative estimate of drug-likeness (QED) is 0.633. The molecule has 0 aromatic heterocycles. The highest BCUT2D eigenvalue weighted by Gasteiger charge is 2.18. The molecule has 3 aromatic rings. The third kappa shape index (κ3) is 4.43. The first-order valence-corrected chi connectivity index (χ1v) is 9.35. The number of para-hydroxylation sites is 1. The zero-order chi connectivity index (χ0) is 20.2. The van der Waals surface area contributed by atoms with Gasteiger partial charge in [0, 0.05) is 12.1 Å². The number of hydrogen-bond donors (Lipinski definition) is 1. The van der Waals surface area contributed by atoms with E-state index in [0.29, 0.717) is 46.7 Å². The van der Waals surface area contributed by atoms with Gasteiger partial charge < -0.3 is 19.5 Å². The number of benzene rings is 3. The van der Waals surface area contributed by atoms with Crippen LogP contribution in [0.1, 0.15) is 15.9 Å². The van der Waals surface area contributed by atoms with E-state index in [4.69, 9.17) is 25.8 Å². The predicted molar refractivity (Wildman–Crippen MR) is 108 cm³/mol. The number of hydrogen-bond acceptors (Lipinski definition) is 4. The smallest absolute Gasteiger partial charge is 0.259 e. The Hall–Kier alpha value is -3.25. The third-order valence-corrected chi connectivity index (χ3v) is 4.63. The number of carbonyl (C=O) groups excluding carboxylic acids is 1. The fourth-order valence-electron chi connectivity index (χ4n) is 2.87. The summed E-state index contributed by atoms with van der Waals surface area (Å²) in [5, 5.41) is 3.13. The van der Waals surface area contributed by atoms with Gasteiger partial charge in [-0.3, -0.25) is 4.79 Å². The number of rotatable bonds is 5. The van der Waals surface area contributed by atoms with Crippen molar-refractivity contribution < 1.29 is 23.4 Å². The van der Waals surface area contributed by atoms with Gasteiger partial charge in [0.1, 0.15) is 31.4 Å². The van der Waals surface area contributed by atoms with Gasteiger partial charge in [0.2, 0.25) is 0 Å². The largest absolute Gasteiger partial charge is 0.488 e. The summed E-state index contributed by atoms with van der Waals surface area (Å²) in [6, 6.07) is 16.1. The van der Waals surface area contributed by atoms with Gasteiger partial charge in [-0.2, -0.15) is 0 Å². The van der Waals surface area contributed by atoms with Crippen LogP contribution in [0.2, 0.25) is 5.02 Å². The van der Waals surface area contributed by atoms with Crippen LogP contribution in [-0.2, 0) is 6.61 Å². The minimum Gasteiger partial charge on any atom is -0.488 e. The van der Waals surface area contributed by atoms with Crippen LogP contribution in [0.15, 0.2) is 60.7 Å². The molecule has 29 heavy (non-hydrogen) atoms. The van der Waals surface area contributed by atoms with Gasteiger partial charge in [0.25, 0.3) is 5.91 Å². The van der Waals surface area contributed by atoms with Crippen molar-refractivity contribution >= 4 is 23.2 Å². The van der Waals surface area contributed by atoms with E-state index in [1.54, 1.807) is 48.5 Å². The van der Waals surface area contributed by atoms with Crippen LogP contribution in [0.25, 0.3) is 0 Å². The highest BCUT2D eigenvalue weighted by molar-refractivity contribution is 6.34. The number of carbonyl (C=O) groups is 1. The molecular weight excluding hydrogens is 397 g/mol. The second-order valence-electron chi connectivity index (χ2n) is 6.34. The lowest BCUT2D eigenvalue weighted by atomic mass is 10.1. The third-order valence-electron chi connectivity index (χ3n) is 4.32. The molecule has 0 radical (unpaired) electrons. The van der Waals surface area contributed by atoms with Crippen LogP contribution in [0.4, 0.5) is 10.1 Å². The number of fused-ring (bicyclic) bond motifs is 1. The Kier molecular flexibility index (Phi) is 5.53. The Morgan fingerprint density at radius 2 is 1.72 bits per heavy atom. The average molecular weight is 414 g/mol. The van der Waals surface area contributed by atoms with Crippen LogP contribution in [0.5, 0.6) is 17.2 Å². The SMILES string of the molecule is O=C(Nc1cc2c(cc1Cl)OCCO2)c1ccccc1OCc1ccc(F)cc1. The van der Waals surface area contributed by atoms with Crippen LogP contribution < -0.4 is 19.5 Å². The van der Waals surface area contributed by atoms with Gasteiger partial charge in [-0.1, -0.05) is 35.9 Å². The number of ether oxygens (including phenoxy) is 3. The summed E-state index contributed by atoms with van der Waals surface area (Å²) in [5.41, 5.74) is 1.55. The summed E-state index contributed by atoms with van der Waals surface area (Å²) in [6.07, 6.45) is 0. The van der Waals surface area contributed by atoms with E-state index in [2.05, 4.69) is 5.32 Å². The summed E-state index contributed by atoms with van der Waals surface area (Å²) < 4.78 is 29.8. The van der Waals surface area contributed by atoms with E-state index in [-0.39, 0.29) is 18.3 Å². The maximum atomic E-state index is 13.0. The Morgan fingerprint density at radius 1 is 1.03 bits per heavy atom. The van der Waals surface area contributed by atoms with E-state index in [0.717, 1.165) is 5.56 Å². The number of amides is 1. The van der Waals surface area contributed by atoms with Crippen molar-refractivity contribution in [3.63, 3.8) is 0 Å². The van der Waals surface area contributed by atoms with Crippen LogP contribution in [0.3, 0.4) is 0 Å². The molecule has 1 N–H and O–H groups in total.